The predicted octanol–water partition coefficient (Wildman–Crippen LogP) is 2.31. The Bertz CT molecular complexity index is 704. The van der Waals surface area contributed by atoms with Crippen molar-refractivity contribution in [3.8, 4) is 5.82 Å². The van der Waals surface area contributed by atoms with Crippen LogP contribution in [0.15, 0.2) is 52.5 Å². The molecule has 0 aliphatic rings. The van der Waals surface area contributed by atoms with Crippen LogP contribution in [0.2, 0.25) is 0 Å². The van der Waals surface area contributed by atoms with Crippen molar-refractivity contribution in [1.82, 2.24) is 19.7 Å². The molecule has 3 aromatic heterocycles. The third kappa shape index (κ3) is 3.02. The minimum Gasteiger partial charge on any atom is -0.449 e. The van der Waals surface area contributed by atoms with E-state index < -0.39 is 0 Å². The van der Waals surface area contributed by atoms with Gasteiger partial charge in [0.15, 0.2) is 15.4 Å². The van der Waals surface area contributed by atoms with Crippen LogP contribution < -0.4 is 5.43 Å². The average Bonchev–Trinajstić information content (AvgIpc) is 3.11. The van der Waals surface area contributed by atoms with E-state index in [1.165, 1.54) is 0 Å². The first kappa shape index (κ1) is 12.8. The molecule has 0 aromatic carbocycles. The molecule has 1 N–H and O–H groups in total. The van der Waals surface area contributed by atoms with Gasteiger partial charge in [-0.15, -0.1) is 10.2 Å². The first-order valence-corrected chi connectivity index (χ1v) is 6.75. The summed E-state index contributed by atoms with van der Waals surface area (Å²) < 4.78 is 7.92. The molecule has 0 saturated heterocycles. The van der Waals surface area contributed by atoms with Crippen LogP contribution in [0.1, 0.15) is 5.76 Å². The van der Waals surface area contributed by atoms with Crippen LogP contribution >= 0.6 is 22.6 Å². The Labute approximate surface area is 127 Å². The quantitative estimate of drug-likeness (QED) is 0.427. The van der Waals surface area contributed by atoms with Crippen LogP contribution in [-0.2, 0) is 0 Å². The van der Waals surface area contributed by atoms with Gasteiger partial charge in [0.2, 0.25) is 0 Å². The molecule has 0 spiro atoms. The molecule has 3 heterocycles. The van der Waals surface area contributed by atoms with Crippen LogP contribution in [0, 0.1) is 3.77 Å². The van der Waals surface area contributed by atoms with Gasteiger partial charge in [0, 0.05) is 12.4 Å². The number of rotatable bonds is 4. The number of furan rings is 1. The van der Waals surface area contributed by atoms with Gasteiger partial charge in [-0.25, -0.2) is 4.98 Å². The molecule has 0 aliphatic carbocycles. The summed E-state index contributed by atoms with van der Waals surface area (Å²) in [4.78, 5) is 3.95. The van der Waals surface area contributed by atoms with E-state index in [1.807, 2.05) is 18.2 Å². The van der Waals surface area contributed by atoms with Crippen molar-refractivity contribution >= 4 is 34.6 Å². The second-order valence-electron chi connectivity index (χ2n) is 3.76. The summed E-state index contributed by atoms with van der Waals surface area (Å²) in [6.45, 7) is 0. The van der Waals surface area contributed by atoms with E-state index in [0.717, 1.165) is 3.77 Å². The Balaban J connectivity index is 1.65. The van der Waals surface area contributed by atoms with Crippen LogP contribution in [0.4, 0.5) is 5.82 Å². The number of hydrogen-bond acceptors (Lipinski definition) is 6. The lowest BCUT2D eigenvalue weighted by Crippen LogP contribution is -1.99. The molecule has 0 aliphatic heterocycles. The molecule has 0 fully saturated rings. The highest BCUT2D eigenvalue weighted by molar-refractivity contribution is 14.1. The van der Waals surface area contributed by atoms with Gasteiger partial charge in [-0.2, -0.15) is 5.10 Å². The molecule has 100 valence electrons. The van der Waals surface area contributed by atoms with Crippen LogP contribution in [0.25, 0.3) is 5.82 Å². The van der Waals surface area contributed by atoms with Crippen molar-refractivity contribution in [2.24, 2.45) is 5.10 Å². The summed E-state index contributed by atoms with van der Waals surface area (Å²) in [5.74, 6) is 1.91. The van der Waals surface area contributed by atoms with E-state index in [4.69, 9.17) is 4.42 Å². The highest BCUT2D eigenvalue weighted by Crippen LogP contribution is 2.09. The first-order chi connectivity index (χ1) is 9.81. The minimum atomic E-state index is 0.548. The number of hydrazone groups is 1. The number of aromatic nitrogens is 4. The molecule has 8 heteroatoms. The second-order valence-corrected chi connectivity index (χ2v) is 4.82. The maximum absolute atomic E-state index is 5.34. The van der Waals surface area contributed by atoms with E-state index >= 15 is 0 Å². The van der Waals surface area contributed by atoms with Crippen molar-refractivity contribution in [3.05, 3.63) is 52.5 Å². The van der Waals surface area contributed by atoms with E-state index in [0.29, 0.717) is 17.4 Å². The predicted molar refractivity (Wildman–Crippen MR) is 81.8 cm³/mol. The SMILES string of the molecule is Ic1ccc(/C=N/Nc2ccc(-n3ccnc3)nn2)o1. The fraction of sp³-hybridized carbons (Fsp3) is 0. The van der Waals surface area contributed by atoms with Gasteiger partial charge in [0.05, 0.1) is 6.21 Å². The van der Waals surface area contributed by atoms with E-state index in [1.54, 1.807) is 35.6 Å². The molecule has 0 atom stereocenters. The van der Waals surface area contributed by atoms with Crippen molar-refractivity contribution in [1.29, 1.82) is 0 Å². The summed E-state index contributed by atoms with van der Waals surface area (Å²) >= 11 is 2.09. The van der Waals surface area contributed by atoms with Crippen molar-refractivity contribution in [3.63, 3.8) is 0 Å². The van der Waals surface area contributed by atoms with E-state index in [-0.39, 0.29) is 0 Å². The Morgan fingerprint density at radius 2 is 2.20 bits per heavy atom. The maximum Gasteiger partial charge on any atom is 0.168 e. The molecule has 7 nitrogen and oxygen atoms in total. The summed E-state index contributed by atoms with van der Waals surface area (Å²) in [6.07, 6.45) is 6.72. The standard InChI is InChI=1S/C12H9IN6O/c13-10-2-1-9(20-10)7-15-16-11-3-4-12(18-17-11)19-6-5-14-8-19/h1-8H,(H,16,17)/b15-7+. The Morgan fingerprint density at radius 1 is 1.25 bits per heavy atom. The first-order valence-electron chi connectivity index (χ1n) is 5.68. The second kappa shape index (κ2) is 5.82. The lowest BCUT2D eigenvalue weighted by Gasteiger charge is -2.01. The molecular formula is C12H9IN6O. The minimum absolute atomic E-state index is 0.548. The van der Waals surface area contributed by atoms with E-state index in [2.05, 4.69) is 48.3 Å². The number of nitrogens with zero attached hydrogens (tertiary/aromatic N) is 5. The molecule has 0 unspecified atom stereocenters. The summed E-state index contributed by atoms with van der Waals surface area (Å²) in [5, 5.41) is 12.1. The molecule has 0 amide bonds. The zero-order valence-corrected chi connectivity index (χ0v) is 12.3. The summed E-state index contributed by atoms with van der Waals surface area (Å²) in [5.41, 5.74) is 2.78. The normalized spacial score (nSPS) is 11.1. The van der Waals surface area contributed by atoms with Crippen molar-refractivity contribution in [2.45, 2.75) is 0 Å². The highest BCUT2D eigenvalue weighted by atomic mass is 127. The smallest absolute Gasteiger partial charge is 0.168 e. The maximum atomic E-state index is 5.34. The number of halogens is 1. The van der Waals surface area contributed by atoms with Gasteiger partial charge < -0.3 is 4.42 Å². The van der Waals surface area contributed by atoms with Gasteiger partial charge in [0.25, 0.3) is 0 Å². The van der Waals surface area contributed by atoms with Crippen LogP contribution in [-0.4, -0.2) is 26.0 Å². The molecule has 0 bridgehead atoms. The largest absolute Gasteiger partial charge is 0.449 e. The molecule has 0 saturated carbocycles. The third-order valence-electron chi connectivity index (χ3n) is 2.38. The Kier molecular flexibility index (Phi) is 3.72. The number of hydrogen-bond donors (Lipinski definition) is 1. The monoisotopic (exact) mass is 380 g/mol. The highest BCUT2D eigenvalue weighted by Gasteiger charge is 1.99. The van der Waals surface area contributed by atoms with Gasteiger partial charge in [-0.05, 0) is 46.9 Å². The molecule has 0 radical (unpaired) electrons. The zero-order chi connectivity index (χ0) is 13.8. The van der Waals surface area contributed by atoms with Gasteiger partial charge in [-0.1, -0.05) is 0 Å². The van der Waals surface area contributed by atoms with Gasteiger partial charge in [-0.3, -0.25) is 9.99 Å². The van der Waals surface area contributed by atoms with Crippen LogP contribution in [0.5, 0.6) is 0 Å². The number of imidazole rings is 1. The van der Waals surface area contributed by atoms with E-state index in [9.17, 15) is 0 Å². The van der Waals surface area contributed by atoms with Crippen molar-refractivity contribution in [2.75, 3.05) is 5.43 Å². The Hall–Kier alpha value is -2.23. The number of nitrogens with one attached hydrogen (secondary N) is 1. The van der Waals surface area contributed by atoms with Crippen LogP contribution in [0.3, 0.4) is 0 Å². The molecule has 3 aromatic rings. The topological polar surface area (TPSA) is 81.1 Å². The zero-order valence-electron chi connectivity index (χ0n) is 10.1. The third-order valence-corrected chi connectivity index (χ3v) is 2.96. The molecular weight excluding hydrogens is 371 g/mol. The summed E-state index contributed by atoms with van der Waals surface area (Å²) in [6, 6.07) is 7.30. The lowest BCUT2D eigenvalue weighted by atomic mass is 10.5. The number of anilines is 1. The fourth-order valence-electron chi connectivity index (χ4n) is 1.48. The lowest BCUT2D eigenvalue weighted by molar-refractivity contribution is 0.531. The van der Waals surface area contributed by atoms with Gasteiger partial charge in [0.1, 0.15) is 12.1 Å². The Morgan fingerprint density at radius 3 is 2.85 bits per heavy atom. The fourth-order valence-corrected chi connectivity index (χ4v) is 1.91. The summed E-state index contributed by atoms with van der Waals surface area (Å²) in [7, 11) is 0. The van der Waals surface area contributed by atoms with Crippen molar-refractivity contribution < 1.29 is 4.42 Å². The average molecular weight is 380 g/mol. The van der Waals surface area contributed by atoms with Gasteiger partial charge >= 0.3 is 0 Å². The molecule has 3 rings (SSSR count). The molecule has 20 heavy (non-hydrogen) atoms.